The Bertz CT molecular complexity index is 679. The molecular formula is C20H27N3O. The van der Waals surface area contributed by atoms with Gasteiger partial charge in [-0.1, -0.05) is 31.5 Å². The van der Waals surface area contributed by atoms with Crippen LogP contribution in [0, 0.1) is 12.8 Å². The molecule has 0 atom stereocenters. The first-order valence-electron chi connectivity index (χ1n) is 8.91. The predicted molar refractivity (Wildman–Crippen MR) is 96.1 cm³/mol. The number of benzene rings is 1. The fourth-order valence-electron chi connectivity index (χ4n) is 3.45. The highest BCUT2D eigenvalue weighted by Gasteiger charge is 2.24. The van der Waals surface area contributed by atoms with Gasteiger partial charge in [0.15, 0.2) is 0 Å². The molecule has 0 bridgehead atoms. The van der Waals surface area contributed by atoms with Crippen LogP contribution in [0.3, 0.4) is 0 Å². The van der Waals surface area contributed by atoms with Gasteiger partial charge in [0, 0.05) is 43.5 Å². The highest BCUT2D eigenvalue weighted by molar-refractivity contribution is 5.94. The third-order valence-corrected chi connectivity index (χ3v) is 4.92. The standard InChI is InChI=1S/C20H27N3O/c1-15(2)19-21-10-13-23(19)14-17-8-11-22(12-9-17)20(24)18-6-4-16(3)5-7-18/h4-7,10,13,15,17H,8-9,11-12,14H2,1-3H3. The molecule has 0 radical (unpaired) electrons. The maximum absolute atomic E-state index is 12.6. The van der Waals surface area contributed by atoms with E-state index in [0.29, 0.717) is 11.8 Å². The zero-order valence-corrected chi connectivity index (χ0v) is 14.9. The molecule has 1 fully saturated rings. The smallest absolute Gasteiger partial charge is 0.253 e. The van der Waals surface area contributed by atoms with Gasteiger partial charge in [-0.3, -0.25) is 4.79 Å². The van der Waals surface area contributed by atoms with Crippen molar-refractivity contribution in [2.75, 3.05) is 13.1 Å². The lowest BCUT2D eigenvalue weighted by Crippen LogP contribution is -2.39. The van der Waals surface area contributed by atoms with Gasteiger partial charge in [0.2, 0.25) is 0 Å². The minimum atomic E-state index is 0.166. The molecule has 0 unspecified atom stereocenters. The van der Waals surface area contributed by atoms with Crippen LogP contribution in [0.25, 0.3) is 0 Å². The molecule has 3 rings (SSSR count). The summed E-state index contributed by atoms with van der Waals surface area (Å²) in [6, 6.07) is 7.88. The van der Waals surface area contributed by atoms with Gasteiger partial charge in [0.1, 0.15) is 5.82 Å². The molecule has 0 aliphatic carbocycles. The first kappa shape index (κ1) is 16.7. The van der Waals surface area contributed by atoms with Crippen LogP contribution in [0.15, 0.2) is 36.7 Å². The molecule has 4 nitrogen and oxygen atoms in total. The number of rotatable bonds is 4. The summed E-state index contributed by atoms with van der Waals surface area (Å²) in [5, 5.41) is 0. The highest BCUT2D eigenvalue weighted by atomic mass is 16.2. The Balaban J connectivity index is 1.56. The average molecular weight is 325 g/mol. The van der Waals surface area contributed by atoms with E-state index in [1.165, 1.54) is 5.56 Å². The molecule has 0 N–H and O–H groups in total. The van der Waals surface area contributed by atoms with Gasteiger partial charge in [-0.25, -0.2) is 4.98 Å². The molecule has 128 valence electrons. The zero-order valence-electron chi connectivity index (χ0n) is 14.9. The van der Waals surface area contributed by atoms with Crippen molar-refractivity contribution in [1.29, 1.82) is 0 Å². The van der Waals surface area contributed by atoms with Gasteiger partial charge in [-0.2, -0.15) is 0 Å². The minimum absolute atomic E-state index is 0.166. The number of nitrogens with zero attached hydrogens (tertiary/aromatic N) is 3. The third-order valence-electron chi connectivity index (χ3n) is 4.92. The fourth-order valence-corrected chi connectivity index (χ4v) is 3.45. The normalized spacial score (nSPS) is 15.9. The molecule has 2 heterocycles. The van der Waals surface area contributed by atoms with Gasteiger partial charge in [0.25, 0.3) is 5.91 Å². The molecule has 2 aromatic rings. The average Bonchev–Trinajstić information content (AvgIpc) is 3.04. The number of imidazole rings is 1. The molecule has 1 saturated heterocycles. The summed E-state index contributed by atoms with van der Waals surface area (Å²) in [6.07, 6.45) is 6.10. The molecule has 1 aliphatic heterocycles. The molecule has 1 aromatic carbocycles. The molecule has 1 aliphatic rings. The molecule has 4 heteroatoms. The van der Waals surface area contributed by atoms with Crippen LogP contribution in [0.4, 0.5) is 0 Å². The van der Waals surface area contributed by atoms with Crippen molar-refractivity contribution < 1.29 is 4.79 Å². The van der Waals surface area contributed by atoms with Crippen molar-refractivity contribution in [2.24, 2.45) is 5.92 Å². The third kappa shape index (κ3) is 3.69. The lowest BCUT2D eigenvalue weighted by atomic mass is 9.96. The van der Waals surface area contributed by atoms with Gasteiger partial charge in [-0.05, 0) is 37.8 Å². The molecule has 24 heavy (non-hydrogen) atoms. The van der Waals surface area contributed by atoms with E-state index in [-0.39, 0.29) is 5.91 Å². The van der Waals surface area contributed by atoms with Crippen LogP contribution >= 0.6 is 0 Å². The number of likely N-dealkylation sites (tertiary alicyclic amines) is 1. The van der Waals surface area contributed by atoms with E-state index in [9.17, 15) is 4.79 Å². The number of carbonyl (C=O) groups is 1. The second kappa shape index (κ2) is 7.20. The number of piperidine rings is 1. The van der Waals surface area contributed by atoms with Crippen molar-refractivity contribution in [3.8, 4) is 0 Å². The number of amides is 1. The van der Waals surface area contributed by atoms with Gasteiger partial charge >= 0.3 is 0 Å². The Kier molecular flexibility index (Phi) is 5.03. The van der Waals surface area contributed by atoms with Crippen LogP contribution in [0.5, 0.6) is 0 Å². The van der Waals surface area contributed by atoms with Gasteiger partial charge < -0.3 is 9.47 Å². The van der Waals surface area contributed by atoms with E-state index in [0.717, 1.165) is 43.9 Å². The van der Waals surface area contributed by atoms with Gasteiger partial charge in [-0.15, -0.1) is 0 Å². The molecule has 0 spiro atoms. The lowest BCUT2D eigenvalue weighted by molar-refractivity contribution is 0.0682. The van der Waals surface area contributed by atoms with E-state index in [2.05, 4.69) is 29.6 Å². The number of aromatic nitrogens is 2. The van der Waals surface area contributed by atoms with E-state index >= 15 is 0 Å². The monoisotopic (exact) mass is 325 g/mol. The lowest BCUT2D eigenvalue weighted by Gasteiger charge is -2.32. The summed E-state index contributed by atoms with van der Waals surface area (Å²) < 4.78 is 2.28. The van der Waals surface area contributed by atoms with Crippen molar-refractivity contribution in [1.82, 2.24) is 14.5 Å². The van der Waals surface area contributed by atoms with Crippen LogP contribution in [0.1, 0.15) is 54.4 Å². The molecule has 0 saturated carbocycles. The Morgan fingerprint density at radius 1 is 1.21 bits per heavy atom. The Hall–Kier alpha value is -2.10. The number of hydrogen-bond acceptors (Lipinski definition) is 2. The predicted octanol–water partition coefficient (Wildman–Crippen LogP) is 3.87. The summed E-state index contributed by atoms with van der Waals surface area (Å²) in [6.45, 7) is 9.12. The van der Waals surface area contributed by atoms with Crippen LogP contribution < -0.4 is 0 Å². The van der Waals surface area contributed by atoms with Crippen molar-refractivity contribution in [3.63, 3.8) is 0 Å². The first-order valence-corrected chi connectivity index (χ1v) is 8.91. The molecule has 1 amide bonds. The summed E-state index contributed by atoms with van der Waals surface area (Å²) >= 11 is 0. The van der Waals surface area contributed by atoms with E-state index in [1.807, 2.05) is 42.3 Å². The second-order valence-electron chi connectivity index (χ2n) is 7.19. The van der Waals surface area contributed by atoms with Crippen molar-refractivity contribution in [3.05, 3.63) is 53.6 Å². The van der Waals surface area contributed by atoms with E-state index < -0.39 is 0 Å². The maximum Gasteiger partial charge on any atom is 0.253 e. The maximum atomic E-state index is 12.6. The van der Waals surface area contributed by atoms with E-state index in [4.69, 9.17) is 0 Å². The van der Waals surface area contributed by atoms with Gasteiger partial charge in [0.05, 0.1) is 0 Å². The Labute approximate surface area is 144 Å². The summed E-state index contributed by atoms with van der Waals surface area (Å²) in [5.74, 6) is 2.40. The summed E-state index contributed by atoms with van der Waals surface area (Å²) in [5.41, 5.74) is 1.99. The number of hydrogen-bond donors (Lipinski definition) is 0. The molecule has 1 aromatic heterocycles. The quantitative estimate of drug-likeness (QED) is 0.856. The van der Waals surface area contributed by atoms with Crippen LogP contribution in [-0.4, -0.2) is 33.4 Å². The highest BCUT2D eigenvalue weighted by Crippen LogP contribution is 2.23. The second-order valence-corrected chi connectivity index (χ2v) is 7.19. The SMILES string of the molecule is Cc1ccc(C(=O)N2CCC(Cn3ccnc3C(C)C)CC2)cc1. The number of carbonyl (C=O) groups excluding carboxylic acids is 1. The van der Waals surface area contributed by atoms with Crippen molar-refractivity contribution in [2.45, 2.75) is 46.1 Å². The van der Waals surface area contributed by atoms with Crippen molar-refractivity contribution >= 4 is 5.91 Å². The summed E-state index contributed by atoms with van der Waals surface area (Å²) in [4.78, 5) is 19.1. The number of aryl methyl sites for hydroxylation is 1. The molecular weight excluding hydrogens is 298 g/mol. The topological polar surface area (TPSA) is 38.1 Å². The fraction of sp³-hybridized carbons (Fsp3) is 0.500. The Morgan fingerprint density at radius 2 is 1.88 bits per heavy atom. The zero-order chi connectivity index (χ0) is 17.1. The Morgan fingerprint density at radius 3 is 2.50 bits per heavy atom. The minimum Gasteiger partial charge on any atom is -0.339 e. The van der Waals surface area contributed by atoms with E-state index in [1.54, 1.807) is 0 Å². The van der Waals surface area contributed by atoms with Crippen LogP contribution in [0.2, 0.25) is 0 Å². The largest absolute Gasteiger partial charge is 0.339 e. The van der Waals surface area contributed by atoms with Crippen LogP contribution in [-0.2, 0) is 6.54 Å². The first-order chi connectivity index (χ1) is 11.5. The summed E-state index contributed by atoms with van der Waals surface area (Å²) in [7, 11) is 0.